The third-order valence-electron chi connectivity index (χ3n) is 2.70. The van der Waals surface area contributed by atoms with E-state index in [0.29, 0.717) is 6.61 Å². The van der Waals surface area contributed by atoms with Crippen molar-refractivity contribution in [2.75, 3.05) is 0 Å². The van der Waals surface area contributed by atoms with E-state index < -0.39 is 5.97 Å². The Kier molecular flexibility index (Phi) is 4.53. The predicted molar refractivity (Wildman–Crippen MR) is 79.0 cm³/mol. The lowest BCUT2D eigenvalue weighted by atomic mass is 10.2. The summed E-state index contributed by atoms with van der Waals surface area (Å²) < 4.78 is 5.72. The van der Waals surface area contributed by atoms with Gasteiger partial charge in [-0.15, -0.1) is 11.3 Å². The molecule has 0 saturated heterocycles. The molecule has 0 atom stereocenters. The highest BCUT2D eigenvalue weighted by atomic mass is 32.1. The Bertz CT molecular complexity index is 646. The van der Waals surface area contributed by atoms with Crippen molar-refractivity contribution in [3.63, 3.8) is 0 Å². The molecule has 0 aliphatic rings. The summed E-state index contributed by atoms with van der Waals surface area (Å²) in [6.45, 7) is 4.23. The molecule has 0 bridgehead atoms. The SMILES string of the molecule is Cc1ccccc1OCc1nc(C)c(/C=C/C(=O)O)s1. The minimum Gasteiger partial charge on any atom is -0.486 e. The summed E-state index contributed by atoms with van der Waals surface area (Å²) in [6, 6.07) is 7.80. The van der Waals surface area contributed by atoms with Crippen LogP contribution in [-0.4, -0.2) is 16.1 Å². The van der Waals surface area contributed by atoms with Crippen LogP contribution in [0.5, 0.6) is 5.75 Å². The molecule has 5 heteroatoms. The van der Waals surface area contributed by atoms with E-state index in [1.165, 1.54) is 11.3 Å². The first-order valence-electron chi connectivity index (χ1n) is 6.12. The lowest BCUT2D eigenvalue weighted by Crippen LogP contribution is -1.96. The molecule has 0 aliphatic carbocycles. The van der Waals surface area contributed by atoms with Gasteiger partial charge in [-0.25, -0.2) is 9.78 Å². The largest absolute Gasteiger partial charge is 0.486 e. The van der Waals surface area contributed by atoms with E-state index in [2.05, 4.69) is 4.98 Å². The molecule has 104 valence electrons. The van der Waals surface area contributed by atoms with Gasteiger partial charge in [0.2, 0.25) is 0 Å². The summed E-state index contributed by atoms with van der Waals surface area (Å²) in [6.07, 6.45) is 2.68. The Morgan fingerprint density at radius 3 is 2.85 bits per heavy atom. The highest BCUT2D eigenvalue weighted by Gasteiger charge is 2.07. The average Bonchev–Trinajstić information content (AvgIpc) is 2.76. The first kappa shape index (κ1) is 14.3. The molecule has 4 nitrogen and oxygen atoms in total. The molecule has 1 aromatic heterocycles. The lowest BCUT2D eigenvalue weighted by molar-refractivity contribution is -0.131. The van der Waals surface area contributed by atoms with Gasteiger partial charge in [0.15, 0.2) is 0 Å². The first-order chi connectivity index (χ1) is 9.56. The van der Waals surface area contributed by atoms with Gasteiger partial charge in [-0.05, 0) is 31.6 Å². The van der Waals surface area contributed by atoms with Crippen LogP contribution in [0.2, 0.25) is 0 Å². The quantitative estimate of drug-likeness (QED) is 0.857. The molecule has 20 heavy (non-hydrogen) atoms. The van der Waals surface area contributed by atoms with E-state index in [9.17, 15) is 4.79 Å². The van der Waals surface area contributed by atoms with Crippen molar-refractivity contribution < 1.29 is 14.6 Å². The van der Waals surface area contributed by atoms with E-state index in [4.69, 9.17) is 9.84 Å². The Morgan fingerprint density at radius 2 is 2.15 bits per heavy atom. The number of nitrogens with zero attached hydrogens (tertiary/aromatic N) is 1. The van der Waals surface area contributed by atoms with Gasteiger partial charge in [-0.3, -0.25) is 0 Å². The number of aromatic nitrogens is 1. The second-order valence-corrected chi connectivity index (χ2v) is 5.40. The van der Waals surface area contributed by atoms with Crippen molar-refractivity contribution >= 4 is 23.4 Å². The highest BCUT2D eigenvalue weighted by molar-refractivity contribution is 7.12. The molecule has 1 N–H and O–H groups in total. The number of hydrogen-bond acceptors (Lipinski definition) is 4. The van der Waals surface area contributed by atoms with Gasteiger partial charge >= 0.3 is 5.97 Å². The molecule has 2 aromatic rings. The van der Waals surface area contributed by atoms with Crippen molar-refractivity contribution in [2.24, 2.45) is 0 Å². The van der Waals surface area contributed by atoms with Gasteiger partial charge in [0.25, 0.3) is 0 Å². The summed E-state index contributed by atoms with van der Waals surface area (Å²) in [5.74, 6) is -0.126. The number of carboxylic acids is 1. The summed E-state index contributed by atoms with van der Waals surface area (Å²) in [4.78, 5) is 15.7. The number of carbonyl (C=O) groups is 1. The van der Waals surface area contributed by atoms with Crippen molar-refractivity contribution in [2.45, 2.75) is 20.5 Å². The number of aliphatic carboxylic acids is 1. The monoisotopic (exact) mass is 289 g/mol. The van der Waals surface area contributed by atoms with Crippen LogP contribution in [0.1, 0.15) is 21.1 Å². The first-order valence-corrected chi connectivity index (χ1v) is 6.93. The zero-order chi connectivity index (χ0) is 14.5. The molecule has 1 aromatic carbocycles. The summed E-state index contributed by atoms with van der Waals surface area (Å²) >= 11 is 1.44. The predicted octanol–water partition coefficient (Wildman–Crippen LogP) is 3.44. The molecular formula is C15H15NO3S. The molecule has 1 heterocycles. The molecule has 0 aliphatic heterocycles. The Balaban J connectivity index is 2.06. The van der Waals surface area contributed by atoms with E-state index in [1.54, 1.807) is 6.08 Å². The minimum absolute atomic E-state index is 0.386. The van der Waals surface area contributed by atoms with Gasteiger partial charge in [-0.2, -0.15) is 0 Å². The zero-order valence-corrected chi connectivity index (χ0v) is 12.1. The number of thiazole rings is 1. The number of para-hydroxylation sites is 1. The van der Waals surface area contributed by atoms with E-state index in [-0.39, 0.29) is 0 Å². The normalized spacial score (nSPS) is 10.9. The molecular weight excluding hydrogens is 274 g/mol. The molecule has 0 radical (unpaired) electrons. The maximum Gasteiger partial charge on any atom is 0.328 e. The lowest BCUT2D eigenvalue weighted by Gasteiger charge is -2.06. The Hall–Kier alpha value is -2.14. The van der Waals surface area contributed by atoms with E-state index >= 15 is 0 Å². The van der Waals surface area contributed by atoms with Crippen LogP contribution < -0.4 is 4.74 Å². The van der Waals surface area contributed by atoms with Crippen molar-refractivity contribution in [3.8, 4) is 5.75 Å². The van der Waals surface area contributed by atoms with Gasteiger partial charge in [0, 0.05) is 6.08 Å². The molecule has 0 fully saturated rings. The second kappa shape index (κ2) is 6.34. The Morgan fingerprint density at radius 1 is 1.40 bits per heavy atom. The average molecular weight is 289 g/mol. The number of aryl methyl sites for hydroxylation is 2. The van der Waals surface area contributed by atoms with Crippen molar-refractivity contribution in [1.29, 1.82) is 0 Å². The molecule has 0 amide bonds. The van der Waals surface area contributed by atoms with Gasteiger partial charge in [0.1, 0.15) is 17.4 Å². The molecule has 0 spiro atoms. The van der Waals surface area contributed by atoms with Crippen LogP contribution in [0.4, 0.5) is 0 Å². The van der Waals surface area contributed by atoms with Gasteiger partial charge < -0.3 is 9.84 Å². The van der Waals surface area contributed by atoms with Crippen LogP contribution in [0.3, 0.4) is 0 Å². The van der Waals surface area contributed by atoms with Crippen LogP contribution in [0, 0.1) is 13.8 Å². The van der Waals surface area contributed by atoms with Gasteiger partial charge in [-0.1, -0.05) is 18.2 Å². The number of rotatable bonds is 5. The Labute approximate surface area is 121 Å². The number of carboxylic acid groups (broad SMARTS) is 1. The maximum atomic E-state index is 10.5. The van der Waals surface area contributed by atoms with E-state index in [0.717, 1.165) is 33.0 Å². The number of hydrogen-bond donors (Lipinski definition) is 1. The van der Waals surface area contributed by atoms with Crippen LogP contribution >= 0.6 is 11.3 Å². The van der Waals surface area contributed by atoms with Crippen LogP contribution in [-0.2, 0) is 11.4 Å². The zero-order valence-electron chi connectivity index (χ0n) is 11.3. The smallest absolute Gasteiger partial charge is 0.328 e. The third kappa shape index (κ3) is 3.68. The fourth-order valence-corrected chi connectivity index (χ4v) is 2.57. The number of benzene rings is 1. The molecule has 2 rings (SSSR count). The maximum absolute atomic E-state index is 10.5. The second-order valence-electron chi connectivity index (χ2n) is 4.28. The summed E-state index contributed by atoms with van der Waals surface area (Å²) in [5.41, 5.74) is 1.89. The standard InChI is InChI=1S/C15H15NO3S/c1-10-5-3-4-6-12(10)19-9-14-16-11(2)13(20-14)7-8-15(17)18/h3-8H,9H2,1-2H3,(H,17,18)/b8-7+. The number of ether oxygens (including phenoxy) is 1. The molecule has 0 unspecified atom stereocenters. The highest BCUT2D eigenvalue weighted by Crippen LogP contribution is 2.22. The van der Waals surface area contributed by atoms with Gasteiger partial charge in [0.05, 0.1) is 10.6 Å². The van der Waals surface area contributed by atoms with Crippen molar-refractivity contribution in [1.82, 2.24) is 4.98 Å². The molecule has 0 saturated carbocycles. The summed E-state index contributed by atoms with van der Waals surface area (Å²) in [7, 11) is 0. The van der Waals surface area contributed by atoms with Crippen molar-refractivity contribution in [3.05, 3.63) is 51.5 Å². The van der Waals surface area contributed by atoms with Crippen LogP contribution in [0.15, 0.2) is 30.3 Å². The fraction of sp³-hybridized carbons (Fsp3) is 0.200. The third-order valence-corrected chi connectivity index (χ3v) is 3.79. The summed E-state index contributed by atoms with van der Waals surface area (Å²) in [5, 5.41) is 9.46. The van der Waals surface area contributed by atoms with Crippen LogP contribution in [0.25, 0.3) is 6.08 Å². The topological polar surface area (TPSA) is 59.4 Å². The minimum atomic E-state index is -0.962. The van der Waals surface area contributed by atoms with E-state index in [1.807, 2.05) is 38.1 Å². The fourth-order valence-electron chi connectivity index (χ4n) is 1.69.